The van der Waals surface area contributed by atoms with E-state index in [-0.39, 0.29) is 16.4 Å². The van der Waals surface area contributed by atoms with E-state index in [1.54, 1.807) is 30.3 Å². The molecule has 0 fully saturated rings. The average Bonchev–Trinajstić information content (AvgIpc) is 2.55. The smallest absolute Gasteiger partial charge is 0.266 e. The van der Waals surface area contributed by atoms with Crippen LogP contribution >= 0.6 is 0 Å². The lowest BCUT2D eigenvalue weighted by molar-refractivity contribution is -0.122. The number of fused-ring (bicyclic) bond motifs is 1. The molecule has 3 rings (SSSR count). The molecule has 23 heavy (non-hydrogen) atoms. The summed E-state index contributed by atoms with van der Waals surface area (Å²) >= 11 is 0. The summed E-state index contributed by atoms with van der Waals surface area (Å²) in [4.78, 5) is 12.5. The Morgan fingerprint density at radius 1 is 1.17 bits per heavy atom. The highest BCUT2D eigenvalue weighted by atomic mass is 32.2. The minimum absolute atomic E-state index is 0.136. The summed E-state index contributed by atoms with van der Waals surface area (Å²) in [7, 11) is -3.53. The first-order chi connectivity index (χ1) is 11.0. The first-order valence-corrected chi connectivity index (χ1v) is 9.03. The van der Waals surface area contributed by atoms with E-state index in [0.717, 1.165) is 12.0 Å². The lowest BCUT2D eigenvalue weighted by atomic mass is 10.1. The molecule has 0 spiro atoms. The van der Waals surface area contributed by atoms with Crippen molar-refractivity contribution in [2.75, 3.05) is 11.1 Å². The van der Waals surface area contributed by atoms with E-state index in [9.17, 15) is 13.2 Å². The highest BCUT2D eigenvalue weighted by Crippen LogP contribution is 2.30. The molecular weight excluding hydrogens is 314 g/mol. The van der Waals surface area contributed by atoms with Crippen molar-refractivity contribution in [1.29, 1.82) is 0 Å². The van der Waals surface area contributed by atoms with Gasteiger partial charge in [-0.05, 0) is 36.2 Å². The normalized spacial score (nSPS) is 18.6. The van der Waals surface area contributed by atoms with Crippen LogP contribution in [0.1, 0.15) is 12.5 Å². The minimum Gasteiger partial charge on any atom is -0.478 e. The predicted molar refractivity (Wildman–Crippen MR) is 87.4 cm³/mol. The molecule has 5 nitrogen and oxygen atoms in total. The quantitative estimate of drug-likeness (QED) is 0.937. The van der Waals surface area contributed by atoms with Crippen molar-refractivity contribution < 1.29 is 17.9 Å². The van der Waals surface area contributed by atoms with Crippen LogP contribution in [0.2, 0.25) is 0 Å². The van der Waals surface area contributed by atoms with Gasteiger partial charge in [0.2, 0.25) is 0 Å². The third kappa shape index (κ3) is 3.22. The molecule has 0 bridgehead atoms. The second-order valence-electron chi connectivity index (χ2n) is 5.37. The zero-order valence-electron chi connectivity index (χ0n) is 12.7. The Bertz CT molecular complexity index is 828. The first kappa shape index (κ1) is 15.6. The Hall–Kier alpha value is -2.34. The van der Waals surface area contributed by atoms with Gasteiger partial charge in [-0.2, -0.15) is 0 Å². The van der Waals surface area contributed by atoms with Gasteiger partial charge in [-0.3, -0.25) is 4.79 Å². The number of ether oxygens (including phenoxy) is 1. The fraction of sp³-hybridized carbons (Fsp3) is 0.235. The molecule has 0 saturated heterocycles. The van der Waals surface area contributed by atoms with Gasteiger partial charge in [0, 0.05) is 5.69 Å². The maximum absolute atomic E-state index is 12.3. The minimum atomic E-state index is -3.53. The van der Waals surface area contributed by atoms with Gasteiger partial charge < -0.3 is 10.1 Å². The van der Waals surface area contributed by atoms with E-state index in [2.05, 4.69) is 5.32 Å². The van der Waals surface area contributed by atoms with E-state index in [0.29, 0.717) is 5.69 Å². The Kier molecular flexibility index (Phi) is 4.09. The standard InChI is InChI=1S/C17H17NO4S/c1-2-12-7-9-13(10-8-12)18-17(19)15-11-23(20,21)16-6-4-3-5-14(16)22-15/h3-10,15H,2,11H2,1H3,(H,18,19). The number of amides is 1. The molecule has 1 heterocycles. The average molecular weight is 331 g/mol. The monoisotopic (exact) mass is 331 g/mol. The SMILES string of the molecule is CCc1ccc(NC(=O)C2CS(=O)(=O)c3ccccc3O2)cc1. The third-order valence-electron chi connectivity index (χ3n) is 3.75. The van der Waals surface area contributed by atoms with E-state index in [1.165, 1.54) is 6.07 Å². The topological polar surface area (TPSA) is 72.5 Å². The Morgan fingerprint density at radius 2 is 1.87 bits per heavy atom. The zero-order valence-corrected chi connectivity index (χ0v) is 13.5. The molecule has 0 aliphatic carbocycles. The van der Waals surface area contributed by atoms with Crippen molar-refractivity contribution in [2.24, 2.45) is 0 Å². The van der Waals surface area contributed by atoms with Crippen molar-refractivity contribution in [3.8, 4) is 5.75 Å². The van der Waals surface area contributed by atoms with E-state index < -0.39 is 21.8 Å². The van der Waals surface area contributed by atoms with Crippen molar-refractivity contribution in [3.63, 3.8) is 0 Å². The van der Waals surface area contributed by atoms with Crippen molar-refractivity contribution in [2.45, 2.75) is 24.3 Å². The van der Waals surface area contributed by atoms with Crippen LogP contribution in [0.4, 0.5) is 5.69 Å². The van der Waals surface area contributed by atoms with E-state index >= 15 is 0 Å². The molecule has 1 N–H and O–H groups in total. The van der Waals surface area contributed by atoms with Crippen LogP contribution in [-0.4, -0.2) is 26.2 Å². The number of nitrogens with one attached hydrogen (secondary N) is 1. The lowest BCUT2D eigenvalue weighted by Gasteiger charge is -2.25. The van der Waals surface area contributed by atoms with Crippen LogP contribution in [0.3, 0.4) is 0 Å². The maximum atomic E-state index is 12.3. The number of rotatable bonds is 3. The van der Waals surface area contributed by atoms with Gasteiger partial charge in [0.05, 0.1) is 0 Å². The van der Waals surface area contributed by atoms with Crippen LogP contribution in [0.5, 0.6) is 5.75 Å². The van der Waals surface area contributed by atoms with Crippen LogP contribution in [0.25, 0.3) is 0 Å². The Labute approximate surface area is 135 Å². The fourth-order valence-electron chi connectivity index (χ4n) is 2.46. The summed E-state index contributed by atoms with van der Waals surface area (Å²) in [5.41, 5.74) is 1.78. The number of hydrogen-bond donors (Lipinski definition) is 1. The van der Waals surface area contributed by atoms with Gasteiger partial charge in [-0.25, -0.2) is 8.42 Å². The van der Waals surface area contributed by atoms with E-state index in [1.807, 2.05) is 19.1 Å². The molecule has 1 unspecified atom stereocenters. The molecular formula is C17H17NO4S. The number of benzene rings is 2. The van der Waals surface area contributed by atoms with Crippen molar-refractivity contribution in [3.05, 3.63) is 54.1 Å². The molecule has 0 aromatic heterocycles. The highest BCUT2D eigenvalue weighted by molar-refractivity contribution is 7.91. The number of aryl methyl sites for hydroxylation is 1. The summed E-state index contributed by atoms with van der Waals surface area (Å²) in [6.07, 6.45) is -0.143. The summed E-state index contributed by atoms with van der Waals surface area (Å²) in [6, 6.07) is 13.8. The van der Waals surface area contributed by atoms with Gasteiger partial charge in [0.1, 0.15) is 16.4 Å². The lowest BCUT2D eigenvalue weighted by Crippen LogP contribution is -2.41. The fourth-order valence-corrected chi connectivity index (χ4v) is 3.96. The summed E-state index contributed by atoms with van der Waals surface area (Å²) in [6.45, 7) is 2.05. The number of carbonyl (C=O) groups is 1. The summed E-state index contributed by atoms with van der Waals surface area (Å²) < 4.78 is 30.1. The van der Waals surface area contributed by atoms with Gasteiger partial charge in [-0.1, -0.05) is 31.2 Å². The number of hydrogen-bond acceptors (Lipinski definition) is 4. The van der Waals surface area contributed by atoms with Gasteiger partial charge in [0.15, 0.2) is 15.9 Å². The molecule has 0 saturated carbocycles. The predicted octanol–water partition coefficient (Wildman–Crippen LogP) is 2.42. The number of para-hydroxylation sites is 1. The van der Waals surface area contributed by atoms with Crippen LogP contribution in [0.15, 0.2) is 53.4 Å². The molecule has 2 aromatic carbocycles. The maximum Gasteiger partial charge on any atom is 0.266 e. The van der Waals surface area contributed by atoms with E-state index in [4.69, 9.17) is 4.74 Å². The third-order valence-corrected chi connectivity index (χ3v) is 5.50. The second-order valence-corrected chi connectivity index (χ2v) is 7.38. The van der Waals surface area contributed by atoms with Crippen LogP contribution in [-0.2, 0) is 21.1 Å². The summed E-state index contributed by atoms with van der Waals surface area (Å²) in [5.74, 6) is -0.601. The van der Waals surface area contributed by atoms with Gasteiger partial charge in [0.25, 0.3) is 5.91 Å². The molecule has 1 atom stereocenters. The largest absolute Gasteiger partial charge is 0.478 e. The molecule has 0 radical (unpaired) electrons. The first-order valence-electron chi connectivity index (χ1n) is 7.38. The molecule has 1 amide bonds. The molecule has 120 valence electrons. The summed E-state index contributed by atoms with van der Waals surface area (Å²) in [5, 5.41) is 2.70. The number of carbonyl (C=O) groups excluding carboxylic acids is 1. The van der Waals surface area contributed by atoms with Crippen molar-refractivity contribution in [1.82, 2.24) is 0 Å². The number of anilines is 1. The molecule has 1 aliphatic rings. The Balaban J connectivity index is 1.78. The van der Waals surface area contributed by atoms with Crippen LogP contribution in [0, 0.1) is 0 Å². The molecule has 2 aromatic rings. The molecule has 6 heteroatoms. The highest BCUT2D eigenvalue weighted by Gasteiger charge is 2.35. The second kappa shape index (κ2) is 6.04. The number of sulfone groups is 1. The Morgan fingerprint density at radius 3 is 2.57 bits per heavy atom. The van der Waals surface area contributed by atoms with Crippen LogP contribution < -0.4 is 10.1 Å². The molecule has 1 aliphatic heterocycles. The van der Waals surface area contributed by atoms with Crippen molar-refractivity contribution >= 4 is 21.4 Å². The van der Waals surface area contributed by atoms with Gasteiger partial charge in [-0.15, -0.1) is 0 Å². The van der Waals surface area contributed by atoms with Gasteiger partial charge >= 0.3 is 0 Å². The zero-order chi connectivity index (χ0) is 16.4.